The third kappa shape index (κ3) is 2.12. The van der Waals surface area contributed by atoms with Crippen molar-refractivity contribution in [2.24, 2.45) is 0 Å². The number of H-pyrrole nitrogens is 1. The number of hydrogen-bond acceptors (Lipinski definition) is 2. The fraction of sp³-hybridized carbons (Fsp3) is 0.133. The summed E-state index contributed by atoms with van der Waals surface area (Å²) < 4.78 is 5.27. The summed E-state index contributed by atoms with van der Waals surface area (Å²) in [4.78, 5) is 16.6. The maximum Gasteiger partial charge on any atom is 0.415 e. The number of aromatic nitrogens is 1. The molecule has 0 unspecified atom stereocenters. The number of aromatic amines is 1. The molecule has 0 saturated carbocycles. The van der Waals surface area contributed by atoms with Crippen LogP contribution in [-0.4, -0.2) is 16.0 Å². The Morgan fingerprint density at radius 3 is 3.00 bits per heavy atom. The van der Waals surface area contributed by atoms with Crippen LogP contribution >= 0.6 is 0 Å². The molecule has 1 aliphatic rings. The topological polar surface area (TPSA) is 45.3 Å². The zero-order valence-corrected chi connectivity index (χ0v) is 10.4. The van der Waals surface area contributed by atoms with Crippen LogP contribution in [0.4, 0.5) is 4.79 Å². The van der Waals surface area contributed by atoms with E-state index in [0.29, 0.717) is 18.8 Å². The molecule has 0 aliphatic carbocycles. The Morgan fingerprint density at radius 1 is 1.37 bits per heavy atom. The van der Waals surface area contributed by atoms with Crippen LogP contribution in [-0.2, 0) is 13.1 Å². The van der Waals surface area contributed by atoms with Gasteiger partial charge in [-0.3, -0.25) is 4.90 Å². The fourth-order valence-electron chi connectivity index (χ4n) is 2.31. The largest absolute Gasteiger partial charge is 0.415 e. The van der Waals surface area contributed by atoms with Gasteiger partial charge in [-0.25, -0.2) is 4.79 Å². The summed E-state index contributed by atoms with van der Waals surface area (Å²) in [7, 11) is 0. The normalized spacial score (nSPS) is 13.2. The van der Waals surface area contributed by atoms with Crippen molar-refractivity contribution in [3.05, 3.63) is 59.9 Å². The molecule has 1 aliphatic heterocycles. The molecule has 0 saturated heterocycles. The number of benzene rings is 1. The first-order chi connectivity index (χ1) is 9.28. The predicted molar refractivity (Wildman–Crippen MR) is 72.6 cm³/mol. The molecular weight excluding hydrogens is 240 g/mol. The standard InChI is InChI=1S/C15H14N2O2/c1-2-11-4-3-5-12-9-17(10-14(11)12)15(18)19-13-6-7-16-8-13/h2-8,16H,1,9-10H2. The van der Waals surface area contributed by atoms with Crippen molar-refractivity contribution in [3.63, 3.8) is 0 Å². The SMILES string of the molecule is C=Cc1cccc2c1CN(C(=O)Oc1cc[nH]c1)C2. The first-order valence-corrected chi connectivity index (χ1v) is 6.10. The summed E-state index contributed by atoms with van der Waals surface area (Å²) in [5.74, 6) is 0.532. The molecule has 1 aromatic heterocycles. The lowest BCUT2D eigenvalue weighted by Crippen LogP contribution is -2.28. The number of nitrogens with one attached hydrogen (secondary N) is 1. The van der Waals surface area contributed by atoms with Crippen molar-refractivity contribution >= 4 is 12.2 Å². The van der Waals surface area contributed by atoms with E-state index in [0.717, 1.165) is 16.7 Å². The number of carbonyl (C=O) groups excluding carboxylic acids is 1. The van der Waals surface area contributed by atoms with Crippen LogP contribution < -0.4 is 4.74 Å². The van der Waals surface area contributed by atoms with Gasteiger partial charge in [-0.05, 0) is 22.8 Å². The van der Waals surface area contributed by atoms with Gasteiger partial charge in [0.1, 0.15) is 5.75 Å². The zero-order valence-electron chi connectivity index (χ0n) is 10.4. The maximum atomic E-state index is 12.0. The van der Waals surface area contributed by atoms with Gasteiger partial charge in [0, 0.05) is 18.9 Å². The van der Waals surface area contributed by atoms with E-state index in [-0.39, 0.29) is 6.09 Å². The second kappa shape index (κ2) is 4.65. The van der Waals surface area contributed by atoms with Crippen LogP contribution in [0.2, 0.25) is 0 Å². The molecule has 0 spiro atoms. The van der Waals surface area contributed by atoms with E-state index in [4.69, 9.17) is 4.74 Å². The second-order valence-electron chi connectivity index (χ2n) is 4.46. The van der Waals surface area contributed by atoms with E-state index in [2.05, 4.69) is 11.6 Å². The summed E-state index contributed by atoms with van der Waals surface area (Å²) in [6, 6.07) is 7.74. The van der Waals surface area contributed by atoms with E-state index in [9.17, 15) is 4.79 Å². The van der Waals surface area contributed by atoms with Crippen molar-refractivity contribution in [2.75, 3.05) is 0 Å². The first-order valence-electron chi connectivity index (χ1n) is 6.10. The van der Waals surface area contributed by atoms with Gasteiger partial charge in [0.2, 0.25) is 0 Å². The van der Waals surface area contributed by atoms with E-state index in [1.165, 1.54) is 0 Å². The van der Waals surface area contributed by atoms with Crippen LogP contribution in [0.3, 0.4) is 0 Å². The van der Waals surface area contributed by atoms with Crippen LogP contribution in [0.15, 0.2) is 43.2 Å². The molecule has 0 bridgehead atoms. The molecule has 2 aromatic rings. The van der Waals surface area contributed by atoms with Crippen LogP contribution in [0.25, 0.3) is 6.08 Å². The highest BCUT2D eigenvalue weighted by Gasteiger charge is 2.26. The Hall–Kier alpha value is -2.49. The maximum absolute atomic E-state index is 12.0. The van der Waals surface area contributed by atoms with E-state index in [1.807, 2.05) is 24.3 Å². The van der Waals surface area contributed by atoms with Crippen LogP contribution in [0, 0.1) is 0 Å². The molecule has 3 rings (SSSR count). The molecule has 1 aromatic carbocycles. The van der Waals surface area contributed by atoms with E-state index >= 15 is 0 Å². The van der Waals surface area contributed by atoms with Crippen LogP contribution in [0.1, 0.15) is 16.7 Å². The van der Waals surface area contributed by atoms with E-state index < -0.39 is 0 Å². The Bertz CT molecular complexity index is 617. The summed E-state index contributed by atoms with van der Waals surface area (Å²) in [5, 5.41) is 0. The molecule has 1 amide bonds. The highest BCUT2D eigenvalue weighted by atomic mass is 16.6. The minimum atomic E-state index is -0.328. The minimum Gasteiger partial charge on any atom is -0.409 e. The average molecular weight is 254 g/mol. The highest BCUT2D eigenvalue weighted by Crippen LogP contribution is 2.27. The van der Waals surface area contributed by atoms with Gasteiger partial charge in [0.05, 0.1) is 6.54 Å². The quantitative estimate of drug-likeness (QED) is 0.894. The monoisotopic (exact) mass is 254 g/mol. The summed E-state index contributed by atoms with van der Waals surface area (Å²) in [6.45, 7) is 4.95. The van der Waals surface area contributed by atoms with Crippen molar-refractivity contribution in [3.8, 4) is 5.75 Å². The van der Waals surface area contributed by atoms with Gasteiger partial charge in [-0.1, -0.05) is 30.9 Å². The van der Waals surface area contributed by atoms with Crippen LogP contribution in [0.5, 0.6) is 5.75 Å². The Labute approximate surface area is 111 Å². The molecule has 4 heteroatoms. The molecule has 0 radical (unpaired) electrons. The second-order valence-corrected chi connectivity index (χ2v) is 4.46. The Balaban J connectivity index is 1.76. The summed E-state index contributed by atoms with van der Waals surface area (Å²) in [5.41, 5.74) is 3.39. The smallest absolute Gasteiger partial charge is 0.409 e. The number of amides is 1. The molecule has 4 nitrogen and oxygen atoms in total. The lowest BCUT2D eigenvalue weighted by molar-refractivity contribution is 0.152. The minimum absolute atomic E-state index is 0.328. The number of fused-ring (bicyclic) bond motifs is 1. The number of hydrogen-bond donors (Lipinski definition) is 1. The van der Waals surface area contributed by atoms with Gasteiger partial charge in [-0.2, -0.15) is 0 Å². The van der Waals surface area contributed by atoms with Crippen molar-refractivity contribution < 1.29 is 9.53 Å². The van der Waals surface area contributed by atoms with Gasteiger partial charge in [-0.15, -0.1) is 0 Å². The van der Waals surface area contributed by atoms with Crippen molar-refractivity contribution in [2.45, 2.75) is 13.1 Å². The molecule has 0 atom stereocenters. The predicted octanol–water partition coefficient (Wildman–Crippen LogP) is 3.17. The number of carbonyl (C=O) groups is 1. The summed E-state index contributed by atoms with van der Waals surface area (Å²) >= 11 is 0. The third-order valence-electron chi connectivity index (χ3n) is 3.27. The van der Waals surface area contributed by atoms with Gasteiger partial charge < -0.3 is 9.72 Å². The molecule has 2 heterocycles. The number of rotatable bonds is 2. The third-order valence-corrected chi connectivity index (χ3v) is 3.27. The Kier molecular flexibility index (Phi) is 2.83. The molecule has 96 valence electrons. The highest BCUT2D eigenvalue weighted by molar-refractivity contribution is 5.72. The zero-order chi connectivity index (χ0) is 13.2. The molecule has 1 N–H and O–H groups in total. The van der Waals surface area contributed by atoms with Crippen molar-refractivity contribution in [1.82, 2.24) is 9.88 Å². The fourth-order valence-corrected chi connectivity index (χ4v) is 2.31. The van der Waals surface area contributed by atoms with Crippen molar-refractivity contribution in [1.29, 1.82) is 0 Å². The van der Waals surface area contributed by atoms with Gasteiger partial charge in [0.15, 0.2) is 0 Å². The lowest BCUT2D eigenvalue weighted by atomic mass is 10.0. The lowest BCUT2D eigenvalue weighted by Gasteiger charge is -2.14. The molecule has 19 heavy (non-hydrogen) atoms. The summed E-state index contributed by atoms with van der Waals surface area (Å²) in [6.07, 6.45) is 4.86. The first kappa shape index (κ1) is 11.6. The molecular formula is C15H14N2O2. The Morgan fingerprint density at radius 2 is 2.26 bits per heavy atom. The van der Waals surface area contributed by atoms with Gasteiger partial charge in [0.25, 0.3) is 0 Å². The van der Waals surface area contributed by atoms with Gasteiger partial charge >= 0.3 is 6.09 Å². The number of ether oxygens (including phenoxy) is 1. The van der Waals surface area contributed by atoms with E-state index in [1.54, 1.807) is 23.4 Å². The average Bonchev–Trinajstić information content (AvgIpc) is 3.06. The molecule has 0 fully saturated rings. The number of nitrogens with zero attached hydrogens (tertiary/aromatic N) is 1.